The van der Waals surface area contributed by atoms with Crippen molar-refractivity contribution in [2.45, 2.75) is 101 Å². The van der Waals surface area contributed by atoms with Gasteiger partial charge in [-0.3, -0.25) is 10.1 Å². The second-order valence-electron chi connectivity index (χ2n) is 15.7. The normalized spacial score (nSPS) is 19.5. The van der Waals surface area contributed by atoms with E-state index in [2.05, 4.69) is 30.3 Å². The van der Waals surface area contributed by atoms with E-state index < -0.39 is 27.5 Å². The summed E-state index contributed by atoms with van der Waals surface area (Å²) >= 11 is 7.03. The molecule has 0 aliphatic heterocycles. The first kappa shape index (κ1) is 41.1. The molecule has 56 heavy (non-hydrogen) atoms. The molecule has 4 aromatic rings. The molecule has 0 bridgehead atoms. The topological polar surface area (TPSA) is 89.8 Å². The van der Waals surface area contributed by atoms with Crippen molar-refractivity contribution >= 4 is 34.2 Å². The van der Waals surface area contributed by atoms with Crippen LogP contribution in [0, 0.1) is 22.0 Å². The number of para-hydroxylation sites is 1. The van der Waals surface area contributed by atoms with E-state index in [1.165, 1.54) is 79.4 Å². The molecular formula is C47H54ClN2O5S+. The van der Waals surface area contributed by atoms with E-state index >= 15 is 0 Å². The fraction of sp³-hybridized carbons (Fsp3) is 0.383. The molecule has 1 fully saturated rings. The van der Waals surface area contributed by atoms with Gasteiger partial charge >= 0.3 is 11.7 Å². The lowest BCUT2D eigenvalue weighted by Crippen LogP contribution is -2.35. The molecule has 0 radical (unpaired) electrons. The maximum absolute atomic E-state index is 14.5. The van der Waals surface area contributed by atoms with Crippen molar-refractivity contribution in [2.24, 2.45) is 11.8 Å². The number of nitro groups is 1. The highest BCUT2D eigenvalue weighted by atomic mass is 35.5. The van der Waals surface area contributed by atoms with E-state index in [1.54, 1.807) is 30.8 Å². The van der Waals surface area contributed by atoms with Crippen LogP contribution in [0.15, 0.2) is 131 Å². The Hall–Kier alpha value is -4.53. The summed E-state index contributed by atoms with van der Waals surface area (Å²) in [7, 11) is -0.845. The van der Waals surface area contributed by atoms with Crippen molar-refractivity contribution in [1.82, 2.24) is 4.31 Å². The van der Waals surface area contributed by atoms with Gasteiger partial charge in [-0.1, -0.05) is 158 Å². The highest BCUT2D eigenvalue weighted by Gasteiger charge is 2.42. The molecule has 9 heteroatoms. The Labute approximate surface area is 339 Å². The summed E-state index contributed by atoms with van der Waals surface area (Å²) in [6, 6.07) is 31.7. The number of nitrogens with zero attached hydrogens (tertiary/aromatic N) is 2. The molecule has 4 atom stereocenters. The van der Waals surface area contributed by atoms with Crippen molar-refractivity contribution in [3.05, 3.63) is 164 Å². The number of hydrogen-bond acceptors (Lipinski definition) is 5. The average Bonchev–Trinajstić information content (AvgIpc) is 3.95. The Balaban J connectivity index is 1.40. The number of hydrogen-bond donors (Lipinski definition) is 0. The van der Waals surface area contributed by atoms with Gasteiger partial charge in [-0.25, -0.2) is 4.79 Å². The van der Waals surface area contributed by atoms with Crippen LogP contribution in [0.3, 0.4) is 0 Å². The van der Waals surface area contributed by atoms with Gasteiger partial charge in [0.2, 0.25) is 11.0 Å². The van der Waals surface area contributed by atoms with Crippen LogP contribution in [-0.2, 0) is 30.3 Å². The SMILES string of the molecule is CC(C)CC(=CC(=O)OC(c1ccccc1)(c1ccc(C2CCCCCCCCC=C3CC3C2)cc1)c1ccccc1Cl)N(C)[SH+](=O)c1ccccc1[N+](=O)[O-]. The lowest BCUT2D eigenvalue weighted by atomic mass is 9.78. The second-order valence-corrected chi connectivity index (χ2v) is 17.7. The summed E-state index contributed by atoms with van der Waals surface area (Å²) in [5.41, 5.74) is 3.77. The minimum Gasteiger partial charge on any atom is -0.441 e. The molecule has 0 spiro atoms. The van der Waals surface area contributed by atoms with Crippen LogP contribution >= 0.6 is 11.6 Å². The second kappa shape index (κ2) is 19.1. The highest BCUT2D eigenvalue weighted by molar-refractivity contribution is 7.82. The Morgan fingerprint density at radius 2 is 1.54 bits per heavy atom. The van der Waals surface area contributed by atoms with Crippen LogP contribution in [-0.4, -0.2) is 22.2 Å². The fourth-order valence-corrected chi connectivity index (χ4v) is 9.67. The van der Waals surface area contributed by atoms with E-state index in [0.717, 1.165) is 24.0 Å². The Morgan fingerprint density at radius 1 is 0.893 bits per heavy atom. The zero-order valence-electron chi connectivity index (χ0n) is 32.7. The lowest BCUT2D eigenvalue weighted by molar-refractivity contribution is -0.387. The predicted molar refractivity (Wildman–Crippen MR) is 227 cm³/mol. The number of benzene rings is 4. The van der Waals surface area contributed by atoms with E-state index in [0.29, 0.717) is 34.5 Å². The molecule has 4 aromatic carbocycles. The van der Waals surface area contributed by atoms with E-state index in [1.807, 2.05) is 62.4 Å². The van der Waals surface area contributed by atoms with Gasteiger partial charge in [0.1, 0.15) is 0 Å². The van der Waals surface area contributed by atoms with Crippen LogP contribution in [0.2, 0.25) is 5.02 Å². The number of halogens is 1. The van der Waals surface area contributed by atoms with E-state index in [4.69, 9.17) is 16.3 Å². The quantitative estimate of drug-likeness (QED) is 0.0208. The number of carbonyl (C=O) groups excluding carboxylic acids is 1. The predicted octanol–water partition coefficient (Wildman–Crippen LogP) is 12.2. The smallest absolute Gasteiger partial charge is 0.334 e. The molecule has 0 amide bonds. The molecule has 0 N–H and O–H groups in total. The number of rotatable bonds is 12. The summed E-state index contributed by atoms with van der Waals surface area (Å²) in [4.78, 5) is 25.9. The minimum atomic E-state index is -2.44. The largest absolute Gasteiger partial charge is 0.441 e. The van der Waals surface area contributed by atoms with Crippen LogP contribution in [0.1, 0.15) is 113 Å². The molecule has 2 aliphatic carbocycles. The molecule has 6 rings (SSSR count). The Morgan fingerprint density at radius 3 is 2.25 bits per heavy atom. The average molecular weight is 794 g/mol. The van der Waals surface area contributed by atoms with Crippen molar-refractivity contribution < 1.29 is 18.7 Å². The van der Waals surface area contributed by atoms with E-state index in [9.17, 15) is 19.1 Å². The molecule has 0 heterocycles. The van der Waals surface area contributed by atoms with Gasteiger partial charge in [0, 0.05) is 39.9 Å². The summed E-state index contributed by atoms with van der Waals surface area (Å²) < 4.78 is 22.2. The minimum absolute atomic E-state index is 0.0723. The van der Waals surface area contributed by atoms with Gasteiger partial charge < -0.3 is 4.74 Å². The number of nitro benzene ring substituents is 1. The number of thiol groups is 1. The van der Waals surface area contributed by atoms with Crippen LogP contribution in [0.5, 0.6) is 0 Å². The molecule has 2 aliphatic rings. The monoisotopic (exact) mass is 793 g/mol. The summed E-state index contributed by atoms with van der Waals surface area (Å²) in [6.45, 7) is 3.99. The molecular weight excluding hydrogens is 740 g/mol. The number of esters is 1. The summed E-state index contributed by atoms with van der Waals surface area (Å²) in [6.07, 6.45) is 16.7. The molecule has 4 unspecified atom stereocenters. The van der Waals surface area contributed by atoms with Gasteiger partial charge in [0.25, 0.3) is 4.90 Å². The number of ether oxygens (including phenoxy) is 1. The zero-order chi connectivity index (χ0) is 39.7. The maximum atomic E-state index is 14.5. The first-order valence-corrected chi connectivity index (χ1v) is 21.6. The van der Waals surface area contributed by atoms with Gasteiger partial charge in [0.15, 0.2) is 5.60 Å². The van der Waals surface area contributed by atoms with Crippen LogP contribution < -0.4 is 0 Å². The fourth-order valence-electron chi connectivity index (χ4n) is 8.14. The first-order chi connectivity index (χ1) is 27.1. The van der Waals surface area contributed by atoms with E-state index in [-0.39, 0.29) is 16.5 Å². The van der Waals surface area contributed by atoms with Gasteiger partial charge in [0.05, 0.1) is 17.7 Å². The third kappa shape index (κ3) is 9.88. The number of carbonyl (C=O) groups is 1. The van der Waals surface area contributed by atoms with Gasteiger partial charge in [-0.05, 0) is 67.9 Å². The Bertz CT molecular complexity index is 2060. The standard InChI is InChI=1S/C47H53ClN2O5S/c1-34(2)30-41(49(3)56(54)45-25-17-16-24-44(45)50(52)53)33-46(51)55-47(39-20-12-9-13-21-39,42-22-14-15-23-43(42)48)40-28-26-35(27-29-40)36-18-10-7-5-4-6-8-11-19-37-32-38(37)31-36/h9,12-17,19-29,33-34,36,38H,4-8,10-11,18,30-32H2,1-3H3/p+1. The molecule has 1 saturated carbocycles. The third-order valence-electron chi connectivity index (χ3n) is 11.2. The number of fused-ring (bicyclic) bond motifs is 1. The van der Waals surface area contributed by atoms with Crippen molar-refractivity contribution in [3.8, 4) is 0 Å². The third-order valence-corrected chi connectivity index (χ3v) is 13.1. The van der Waals surface area contributed by atoms with Crippen molar-refractivity contribution in [1.29, 1.82) is 0 Å². The lowest BCUT2D eigenvalue weighted by Gasteiger charge is -2.36. The molecule has 0 saturated heterocycles. The van der Waals surface area contributed by atoms with Crippen molar-refractivity contribution in [3.63, 3.8) is 0 Å². The summed E-state index contributed by atoms with van der Waals surface area (Å²) in [5.74, 6) is 0.521. The summed E-state index contributed by atoms with van der Waals surface area (Å²) in [5, 5.41) is 12.3. The number of allylic oxidation sites excluding steroid dienone is 3. The van der Waals surface area contributed by atoms with Crippen LogP contribution in [0.4, 0.5) is 5.69 Å². The maximum Gasteiger partial charge on any atom is 0.334 e. The van der Waals surface area contributed by atoms with Gasteiger partial charge in [-0.15, -0.1) is 0 Å². The highest BCUT2D eigenvalue weighted by Crippen LogP contribution is 2.48. The zero-order valence-corrected chi connectivity index (χ0v) is 34.4. The molecule has 294 valence electrons. The van der Waals surface area contributed by atoms with Crippen LogP contribution in [0.25, 0.3) is 0 Å². The molecule has 0 aromatic heterocycles. The molecule has 7 nitrogen and oxygen atoms in total. The first-order valence-electron chi connectivity index (χ1n) is 20.1. The Kier molecular flexibility index (Phi) is 14.0. The van der Waals surface area contributed by atoms with Crippen molar-refractivity contribution in [2.75, 3.05) is 7.05 Å². The van der Waals surface area contributed by atoms with Gasteiger partial charge in [-0.2, -0.15) is 4.31 Å².